The second kappa shape index (κ2) is 6.80. The number of aliphatic imine (C=N–C) groups is 1. The van der Waals surface area contributed by atoms with E-state index in [4.69, 9.17) is 4.74 Å². The second-order valence-electron chi connectivity index (χ2n) is 7.52. The molecule has 0 spiro atoms. The van der Waals surface area contributed by atoms with Crippen LogP contribution in [0.1, 0.15) is 66.6 Å². The van der Waals surface area contributed by atoms with Crippen molar-refractivity contribution in [2.24, 2.45) is 4.99 Å². The van der Waals surface area contributed by atoms with Crippen LogP contribution in [-0.4, -0.2) is 17.1 Å². The Morgan fingerprint density at radius 3 is 2.59 bits per heavy atom. The highest BCUT2D eigenvalue weighted by molar-refractivity contribution is 6.10. The first kappa shape index (κ1) is 17.7. The van der Waals surface area contributed by atoms with Crippen molar-refractivity contribution in [3.05, 3.63) is 70.9 Å². The van der Waals surface area contributed by atoms with Crippen LogP contribution in [0.15, 0.2) is 53.7 Å². The zero-order valence-corrected chi connectivity index (χ0v) is 16.2. The number of hydrogen-bond acceptors (Lipinski definition) is 3. The lowest BCUT2D eigenvalue weighted by atomic mass is 9.85. The molecule has 0 N–H and O–H groups in total. The normalized spacial score (nSPS) is 17.8. The van der Waals surface area contributed by atoms with E-state index in [1.54, 1.807) is 0 Å². The molecule has 0 radical (unpaired) electrons. The fourth-order valence-electron chi connectivity index (χ4n) is 4.00. The standard InChI is InChI=1S/C24H25NO2/c1-4-24(5-2)14-22(26)20-12-17(10-11-23(20)27-24)18-13-21(25-15-18)19-9-7-6-8-16(19)3/h6-12,15H,4-5,13-14H2,1-3H3. The minimum absolute atomic E-state index is 0.181. The number of allylic oxidation sites excluding steroid dienone is 1. The molecule has 2 aliphatic heterocycles. The first-order chi connectivity index (χ1) is 13.0. The lowest BCUT2D eigenvalue weighted by molar-refractivity contribution is 0.0350. The average molecular weight is 359 g/mol. The van der Waals surface area contributed by atoms with Crippen molar-refractivity contribution in [3.63, 3.8) is 0 Å². The smallest absolute Gasteiger partial charge is 0.170 e. The van der Waals surface area contributed by atoms with Gasteiger partial charge in [0.1, 0.15) is 11.4 Å². The summed E-state index contributed by atoms with van der Waals surface area (Å²) < 4.78 is 6.24. The zero-order chi connectivity index (χ0) is 19.0. The van der Waals surface area contributed by atoms with Crippen molar-refractivity contribution in [2.45, 2.75) is 52.1 Å². The molecule has 0 bridgehead atoms. The van der Waals surface area contributed by atoms with Gasteiger partial charge in [-0.05, 0) is 54.2 Å². The van der Waals surface area contributed by atoms with Crippen LogP contribution < -0.4 is 4.74 Å². The average Bonchev–Trinajstić information content (AvgIpc) is 3.18. The molecule has 3 heteroatoms. The van der Waals surface area contributed by atoms with Crippen LogP contribution in [0.3, 0.4) is 0 Å². The Kier molecular flexibility index (Phi) is 4.47. The predicted molar refractivity (Wildman–Crippen MR) is 110 cm³/mol. The van der Waals surface area contributed by atoms with Gasteiger partial charge in [-0.2, -0.15) is 0 Å². The highest BCUT2D eigenvalue weighted by Crippen LogP contribution is 2.39. The van der Waals surface area contributed by atoms with Gasteiger partial charge in [0.05, 0.1) is 17.7 Å². The largest absolute Gasteiger partial charge is 0.486 e. The number of nitrogens with zero attached hydrogens (tertiary/aromatic N) is 1. The highest BCUT2D eigenvalue weighted by atomic mass is 16.5. The number of ketones is 1. The Bertz CT molecular complexity index is 964. The molecular weight excluding hydrogens is 334 g/mol. The first-order valence-corrected chi connectivity index (χ1v) is 9.73. The maximum atomic E-state index is 12.8. The van der Waals surface area contributed by atoms with Crippen LogP contribution in [0, 0.1) is 6.92 Å². The first-order valence-electron chi connectivity index (χ1n) is 9.73. The maximum Gasteiger partial charge on any atom is 0.170 e. The number of carbonyl (C=O) groups excluding carboxylic acids is 1. The number of fused-ring (bicyclic) bond motifs is 1. The van der Waals surface area contributed by atoms with E-state index in [1.807, 2.05) is 30.5 Å². The fourth-order valence-corrected chi connectivity index (χ4v) is 4.00. The van der Waals surface area contributed by atoms with Gasteiger partial charge in [-0.25, -0.2) is 0 Å². The van der Waals surface area contributed by atoms with Crippen LogP contribution in [-0.2, 0) is 0 Å². The van der Waals surface area contributed by atoms with Crippen molar-refractivity contribution in [1.82, 2.24) is 0 Å². The fraction of sp³-hybridized carbons (Fsp3) is 0.333. The van der Waals surface area contributed by atoms with Crippen molar-refractivity contribution < 1.29 is 9.53 Å². The van der Waals surface area contributed by atoms with E-state index >= 15 is 0 Å². The van der Waals surface area contributed by atoms with E-state index in [2.05, 4.69) is 44.0 Å². The van der Waals surface area contributed by atoms with Gasteiger partial charge in [-0.3, -0.25) is 9.79 Å². The van der Waals surface area contributed by atoms with Gasteiger partial charge in [0.15, 0.2) is 5.78 Å². The molecule has 138 valence electrons. The molecule has 0 aromatic heterocycles. The highest BCUT2D eigenvalue weighted by Gasteiger charge is 2.37. The van der Waals surface area contributed by atoms with E-state index < -0.39 is 0 Å². The van der Waals surface area contributed by atoms with E-state index in [0.717, 1.165) is 41.9 Å². The third-order valence-corrected chi connectivity index (χ3v) is 5.94. The molecule has 2 aromatic rings. The molecule has 0 saturated carbocycles. The summed E-state index contributed by atoms with van der Waals surface area (Å²) in [6.45, 7) is 6.28. The van der Waals surface area contributed by atoms with E-state index in [-0.39, 0.29) is 11.4 Å². The molecule has 2 heterocycles. The molecule has 0 saturated heterocycles. The number of ether oxygens (including phenoxy) is 1. The molecule has 0 fully saturated rings. The summed E-state index contributed by atoms with van der Waals surface area (Å²) >= 11 is 0. The zero-order valence-electron chi connectivity index (χ0n) is 16.2. The van der Waals surface area contributed by atoms with Crippen LogP contribution in [0.4, 0.5) is 0 Å². The lowest BCUT2D eigenvalue weighted by Gasteiger charge is -2.36. The lowest BCUT2D eigenvalue weighted by Crippen LogP contribution is -2.40. The topological polar surface area (TPSA) is 38.7 Å². The van der Waals surface area contributed by atoms with Gasteiger partial charge < -0.3 is 4.74 Å². The summed E-state index contributed by atoms with van der Waals surface area (Å²) in [6.07, 6.45) is 4.86. The van der Waals surface area contributed by atoms with Crippen molar-refractivity contribution in [2.75, 3.05) is 0 Å². The Hall–Kier alpha value is -2.68. The van der Waals surface area contributed by atoms with Crippen molar-refractivity contribution in [1.29, 1.82) is 0 Å². The molecule has 2 aromatic carbocycles. The molecule has 0 atom stereocenters. The molecule has 0 amide bonds. The third-order valence-electron chi connectivity index (χ3n) is 5.94. The molecule has 0 aliphatic carbocycles. The van der Waals surface area contributed by atoms with E-state index in [9.17, 15) is 4.79 Å². The predicted octanol–water partition coefficient (Wildman–Crippen LogP) is 5.75. The van der Waals surface area contributed by atoms with Crippen molar-refractivity contribution in [3.8, 4) is 5.75 Å². The molecule has 27 heavy (non-hydrogen) atoms. The van der Waals surface area contributed by atoms with Gasteiger partial charge in [-0.15, -0.1) is 0 Å². The number of carbonyl (C=O) groups is 1. The number of aryl methyl sites for hydroxylation is 1. The van der Waals surface area contributed by atoms with E-state index in [0.29, 0.717) is 12.0 Å². The van der Waals surface area contributed by atoms with Crippen molar-refractivity contribution >= 4 is 17.1 Å². The summed E-state index contributed by atoms with van der Waals surface area (Å²) in [5.74, 6) is 0.901. The Labute approximate surface area is 160 Å². The van der Waals surface area contributed by atoms with Gasteiger partial charge >= 0.3 is 0 Å². The monoisotopic (exact) mass is 359 g/mol. The van der Waals surface area contributed by atoms with Crippen LogP contribution in [0.5, 0.6) is 5.75 Å². The number of benzene rings is 2. The molecule has 0 unspecified atom stereocenters. The number of Topliss-reactive ketones (excluding diaryl/α,β-unsaturated/α-hetero) is 1. The minimum Gasteiger partial charge on any atom is -0.486 e. The van der Waals surface area contributed by atoms with Crippen LogP contribution in [0.25, 0.3) is 5.57 Å². The SMILES string of the molecule is CCC1(CC)CC(=O)c2cc(C3=CN=C(c4ccccc4C)C3)ccc2O1. The summed E-state index contributed by atoms with van der Waals surface area (Å²) in [7, 11) is 0. The van der Waals surface area contributed by atoms with Gasteiger partial charge in [-0.1, -0.05) is 44.2 Å². The summed E-state index contributed by atoms with van der Waals surface area (Å²) in [4.78, 5) is 17.4. The second-order valence-corrected chi connectivity index (χ2v) is 7.52. The minimum atomic E-state index is -0.348. The maximum absolute atomic E-state index is 12.8. The van der Waals surface area contributed by atoms with Crippen LogP contribution >= 0.6 is 0 Å². The summed E-state index contributed by atoms with van der Waals surface area (Å²) in [6, 6.07) is 14.3. The quantitative estimate of drug-likeness (QED) is 0.697. The Morgan fingerprint density at radius 1 is 1.07 bits per heavy atom. The van der Waals surface area contributed by atoms with E-state index in [1.165, 1.54) is 11.1 Å². The third kappa shape index (κ3) is 3.12. The summed E-state index contributed by atoms with van der Waals surface area (Å²) in [5, 5.41) is 0. The van der Waals surface area contributed by atoms with Crippen LogP contribution in [0.2, 0.25) is 0 Å². The Morgan fingerprint density at radius 2 is 1.85 bits per heavy atom. The number of hydrogen-bond donors (Lipinski definition) is 0. The summed E-state index contributed by atoms with van der Waals surface area (Å²) in [5.41, 5.74) is 6.06. The van der Waals surface area contributed by atoms with Gasteiger partial charge in [0.25, 0.3) is 0 Å². The van der Waals surface area contributed by atoms with Gasteiger partial charge in [0.2, 0.25) is 0 Å². The number of rotatable bonds is 4. The van der Waals surface area contributed by atoms with Gasteiger partial charge in [0, 0.05) is 12.6 Å². The Balaban J connectivity index is 1.59. The molecule has 3 nitrogen and oxygen atoms in total. The molecule has 4 rings (SSSR count). The molecular formula is C24H25NO2. The molecule has 2 aliphatic rings.